The molecule has 3 atom stereocenters. The third-order valence-corrected chi connectivity index (χ3v) is 5.60. The molecular weight excluding hydrogens is 230 g/mol. The molecule has 0 spiro atoms. The van der Waals surface area contributed by atoms with Crippen molar-refractivity contribution in [1.82, 2.24) is 4.90 Å². The first-order chi connectivity index (χ1) is 7.95. The molecule has 2 heterocycles. The lowest BCUT2D eigenvalue weighted by molar-refractivity contribution is -0.126. The van der Waals surface area contributed by atoms with E-state index in [0.717, 1.165) is 6.54 Å². The summed E-state index contributed by atoms with van der Waals surface area (Å²) in [6.45, 7) is 9.84. The molecule has 2 nitrogen and oxygen atoms in total. The number of fused-ring (bicyclic) bond motifs is 1. The summed E-state index contributed by atoms with van der Waals surface area (Å²) in [5, 5.41) is 0.698. The van der Waals surface area contributed by atoms with Crippen LogP contribution in [0.1, 0.15) is 47.0 Å². The minimum Gasteiger partial charge on any atom is -0.298 e. The maximum absolute atomic E-state index is 12.3. The number of nitrogens with zero attached hydrogens (tertiary/aromatic N) is 1. The fourth-order valence-electron chi connectivity index (χ4n) is 3.26. The zero-order valence-electron chi connectivity index (χ0n) is 11.5. The second-order valence-electron chi connectivity index (χ2n) is 6.30. The molecule has 98 valence electrons. The summed E-state index contributed by atoms with van der Waals surface area (Å²) in [6, 6.07) is 0.192. The average Bonchev–Trinajstić information content (AvgIpc) is 2.67. The molecule has 2 aliphatic heterocycles. The topological polar surface area (TPSA) is 20.3 Å². The van der Waals surface area contributed by atoms with Gasteiger partial charge < -0.3 is 0 Å². The number of ketones is 1. The molecular formula is C14H25NOS. The van der Waals surface area contributed by atoms with Crippen LogP contribution >= 0.6 is 11.8 Å². The van der Waals surface area contributed by atoms with Gasteiger partial charge >= 0.3 is 0 Å². The quantitative estimate of drug-likeness (QED) is 0.756. The summed E-state index contributed by atoms with van der Waals surface area (Å²) in [5.74, 6) is 2.35. The van der Waals surface area contributed by atoms with E-state index >= 15 is 0 Å². The molecule has 0 aromatic carbocycles. The predicted octanol–water partition coefficient (Wildman–Crippen LogP) is 2.96. The Bertz CT molecular complexity index is 297. The van der Waals surface area contributed by atoms with Gasteiger partial charge in [-0.2, -0.15) is 11.8 Å². The zero-order valence-corrected chi connectivity index (χ0v) is 12.3. The van der Waals surface area contributed by atoms with Gasteiger partial charge in [-0.3, -0.25) is 9.69 Å². The Morgan fingerprint density at radius 1 is 1.41 bits per heavy atom. The molecule has 0 saturated carbocycles. The van der Waals surface area contributed by atoms with E-state index in [2.05, 4.69) is 37.4 Å². The number of likely N-dealkylation sites (tertiary alicyclic amines) is 1. The molecule has 0 bridgehead atoms. The maximum Gasteiger partial charge on any atom is 0.150 e. The van der Waals surface area contributed by atoms with Gasteiger partial charge in [-0.05, 0) is 45.3 Å². The number of thioether (sulfide) groups is 1. The number of Topliss-reactive ketones (excluding diaryl/α,β-unsaturated/α-hetero) is 1. The molecule has 2 rings (SSSR count). The van der Waals surface area contributed by atoms with Crippen LogP contribution in [0.5, 0.6) is 0 Å². The van der Waals surface area contributed by atoms with Crippen molar-refractivity contribution in [2.75, 3.05) is 12.3 Å². The number of rotatable bonds is 2. The van der Waals surface area contributed by atoms with Crippen LogP contribution in [0.3, 0.4) is 0 Å². The van der Waals surface area contributed by atoms with Gasteiger partial charge in [0.25, 0.3) is 0 Å². The highest BCUT2D eigenvalue weighted by Gasteiger charge is 2.48. The molecule has 0 aliphatic carbocycles. The lowest BCUT2D eigenvalue weighted by atomic mass is 9.89. The summed E-state index contributed by atoms with van der Waals surface area (Å²) < 4.78 is 0. The molecule has 0 amide bonds. The average molecular weight is 255 g/mol. The second kappa shape index (κ2) is 4.93. The SMILES string of the molecule is CCC(=O)C1C2CCCSC2CN1C(C)(C)C. The van der Waals surface area contributed by atoms with Gasteiger partial charge in [0.15, 0.2) is 0 Å². The minimum absolute atomic E-state index is 0.118. The van der Waals surface area contributed by atoms with Crippen molar-refractivity contribution >= 4 is 17.5 Å². The highest BCUT2D eigenvalue weighted by Crippen LogP contribution is 2.43. The van der Waals surface area contributed by atoms with Crippen LogP contribution in [-0.4, -0.2) is 39.8 Å². The van der Waals surface area contributed by atoms with E-state index in [-0.39, 0.29) is 11.6 Å². The molecule has 2 fully saturated rings. The highest BCUT2D eigenvalue weighted by molar-refractivity contribution is 8.00. The number of carbonyl (C=O) groups excluding carboxylic acids is 1. The van der Waals surface area contributed by atoms with Gasteiger partial charge in [0, 0.05) is 23.8 Å². The van der Waals surface area contributed by atoms with E-state index in [9.17, 15) is 4.79 Å². The Hall–Kier alpha value is -0.0200. The largest absolute Gasteiger partial charge is 0.298 e. The van der Waals surface area contributed by atoms with Crippen molar-refractivity contribution in [3.8, 4) is 0 Å². The predicted molar refractivity (Wildman–Crippen MR) is 74.5 cm³/mol. The Kier molecular flexibility index (Phi) is 3.89. The minimum atomic E-state index is 0.118. The van der Waals surface area contributed by atoms with Gasteiger partial charge in [-0.15, -0.1) is 0 Å². The van der Waals surface area contributed by atoms with Gasteiger partial charge in [-0.25, -0.2) is 0 Å². The van der Waals surface area contributed by atoms with E-state index in [1.165, 1.54) is 18.6 Å². The van der Waals surface area contributed by atoms with E-state index < -0.39 is 0 Å². The van der Waals surface area contributed by atoms with Crippen molar-refractivity contribution in [2.45, 2.75) is 63.8 Å². The maximum atomic E-state index is 12.3. The molecule has 3 unspecified atom stereocenters. The molecule has 3 heteroatoms. The fraction of sp³-hybridized carbons (Fsp3) is 0.929. The van der Waals surface area contributed by atoms with E-state index in [4.69, 9.17) is 0 Å². The lowest BCUT2D eigenvalue weighted by Gasteiger charge is -2.37. The Labute approximate surface area is 110 Å². The second-order valence-corrected chi connectivity index (χ2v) is 7.65. The Morgan fingerprint density at radius 2 is 2.12 bits per heavy atom. The van der Waals surface area contributed by atoms with Crippen LogP contribution in [0.25, 0.3) is 0 Å². The van der Waals surface area contributed by atoms with E-state index in [0.29, 0.717) is 23.4 Å². The highest BCUT2D eigenvalue weighted by atomic mass is 32.2. The standard InChI is InChI=1S/C14H25NOS/c1-5-11(16)13-10-7-6-8-17-12(10)9-15(13)14(2,3)4/h10,12-13H,5-9H2,1-4H3. The molecule has 2 saturated heterocycles. The van der Waals surface area contributed by atoms with Crippen molar-refractivity contribution in [3.05, 3.63) is 0 Å². The third-order valence-electron chi connectivity index (χ3n) is 4.15. The normalized spacial score (nSPS) is 34.7. The van der Waals surface area contributed by atoms with Crippen molar-refractivity contribution in [2.24, 2.45) is 5.92 Å². The molecule has 17 heavy (non-hydrogen) atoms. The van der Waals surface area contributed by atoms with Crippen molar-refractivity contribution in [1.29, 1.82) is 0 Å². The molecule has 0 aromatic rings. The summed E-state index contributed by atoms with van der Waals surface area (Å²) in [7, 11) is 0. The summed E-state index contributed by atoms with van der Waals surface area (Å²) in [5.41, 5.74) is 0.118. The number of carbonyl (C=O) groups is 1. The van der Waals surface area contributed by atoms with Gasteiger partial charge in [0.1, 0.15) is 5.78 Å². The molecule has 0 radical (unpaired) electrons. The molecule has 0 N–H and O–H groups in total. The monoisotopic (exact) mass is 255 g/mol. The smallest absolute Gasteiger partial charge is 0.150 e. The van der Waals surface area contributed by atoms with Crippen LogP contribution in [0.15, 0.2) is 0 Å². The lowest BCUT2D eigenvalue weighted by Crippen LogP contribution is -2.49. The number of hydrogen-bond donors (Lipinski definition) is 0. The Balaban J connectivity index is 2.23. The van der Waals surface area contributed by atoms with Crippen molar-refractivity contribution in [3.63, 3.8) is 0 Å². The Morgan fingerprint density at radius 3 is 2.71 bits per heavy atom. The molecule has 0 aromatic heterocycles. The zero-order chi connectivity index (χ0) is 12.6. The van der Waals surface area contributed by atoms with Crippen LogP contribution in [0.4, 0.5) is 0 Å². The van der Waals surface area contributed by atoms with Crippen LogP contribution in [0, 0.1) is 5.92 Å². The van der Waals surface area contributed by atoms with Gasteiger partial charge in [-0.1, -0.05) is 6.92 Å². The first-order valence-corrected chi connectivity index (χ1v) is 7.91. The summed E-state index contributed by atoms with van der Waals surface area (Å²) >= 11 is 2.09. The summed E-state index contributed by atoms with van der Waals surface area (Å²) in [4.78, 5) is 14.7. The van der Waals surface area contributed by atoms with Gasteiger partial charge in [0.2, 0.25) is 0 Å². The number of hydrogen-bond acceptors (Lipinski definition) is 3. The van der Waals surface area contributed by atoms with Crippen molar-refractivity contribution < 1.29 is 4.79 Å². The van der Waals surface area contributed by atoms with Crippen LogP contribution in [0.2, 0.25) is 0 Å². The summed E-state index contributed by atoms with van der Waals surface area (Å²) in [6.07, 6.45) is 3.23. The fourth-order valence-corrected chi connectivity index (χ4v) is 4.70. The van der Waals surface area contributed by atoms with Gasteiger partial charge in [0.05, 0.1) is 6.04 Å². The molecule has 2 aliphatic rings. The van der Waals surface area contributed by atoms with Crippen LogP contribution in [-0.2, 0) is 4.79 Å². The first kappa shape index (κ1) is 13.4. The van der Waals surface area contributed by atoms with E-state index in [1.54, 1.807) is 0 Å². The first-order valence-electron chi connectivity index (χ1n) is 6.86. The van der Waals surface area contributed by atoms with Crippen LogP contribution < -0.4 is 0 Å². The van der Waals surface area contributed by atoms with E-state index in [1.807, 2.05) is 6.92 Å². The third kappa shape index (κ3) is 2.55.